The maximum Gasteiger partial charge on any atom is 0.319 e. The zero-order chi connectivity index (χ0) is 23.3. The molecule has 1 heterocycles. The quantitative estimate of drug-likeness (QED) is 0.384. The SMILES string of the molecule is CC[C@H](C)[C@H](NC(=O)Nc1ccc(Cl)cc1Cl)C(=O)Nc1nnc(-c2ccc(F)cc2)s1. The summed E-state index contributed by atoms with van der Waals surface area (Å²) in [6.45, 7) is 3.77. The highest BCUT2D eigenvalue weighted by Crippen LogP contribution is 2.27. The Kier molecular flexibility index (Phi) is 8.00. The summed E-state index contributed by atoms with van der Waals surface area (Å²) >= 11 is 13.1. The first kappa shape index (κ1) is 23.9. The normalized spacial score (nSPS) is 12.7. The van der Waals surface area contributed by atoms with E-state index in [0.29, 0.717) is 27.7 Å². The summed E-state index contributed by atoms with van der Waals surface area (Å²) < 4.78 is 13.1. The van der Waals surface area contributed by atoms with Gasteiger partial charge in [0.15, 0.2) is 0 Å². The highest BCUT2D eigenvalue weighted by atomic mass is 35.5. The van der Waals surface area contributed by atoms with E-state index in [1.54, 1.807) is 24.3 Å². The molecule has 0 saturated carbocycles. The molecule has 0 aliphatic heterocycles. The third-order valence-corrected chi connectivity index (χ3v) is 6.14. The molecule has 11 heteroatoms. The minimum atomic E-state index is -0.829. The first-order valence-corrected chi connectivity index (χ1v) is 11.3. The fraction of sp³-hybridized carbons (Fsp3) is 0.238. The van der Waals surface area contributed by atoms with Crippen molar-refractivity contribution >= 4 is 57.3 Å². The molecule has 2 atom stereocenters. The number of urea groups is 1. The molecule has 3 aromatic rings. The number of halogens is 3. The van der Waals surface area contributed by atoms with Crippen molar-refractivity contribution < 1.29 is 14.0 Å². The number of aromatic nitrogens is 2. The molecule has 0 saturated heterocycles. The Morgan fingerprint density at radius 3 is 2.47 bits per heavy atom. The molecule has 0 spiro atoms. The van der Waals surface area contributed by atoms with Gasteiger partial charge in [0.1, 0.15) is 16.9 Å². The molecule has 0 radical (unpaired) electrons. The number of rotatable bonds is 7. The minimum Gasteiger partial charge on any atom is -0.326 e. The van der Waals surface area contributed by atoms with E-state index in [2.05, 4.69) is 26.1 Å². The summed E-state index contributed by atoms with van der Waals surface area (Å²) in [7, 11) is 0. The Bertz CT molecular complexity index is 1110. The van der Waals surface area contributed by atoms with Gasteiger partial charge in [-0.2, -0.15) is 0 Å². The van der Waals surface area contributed by atoms with Gasteiger partial charge in [-0.3, -0.25) is 10.1 Å². The predicted molar refractivity (Wildman–Crippen MR) is 126 cm³/mol. The molecule has 2 aromatic carbocycles. The molecule has 3 N–H and O–H groups in total. The summed E-state index contributed by atoms with van der Waals surface area (Å²) in [4.78, 5) is 25.4. The van der Waals surface area contributed by atoms with Crippen molar-refractivity contribution in [2.45, 2.75) is 26.3 Å². The number of benzene rings is 2. The van der Waals surface area contributed by atoms with E-state index < -0.39 is 18.0 Å². The van der Waals surface area contributed by atoms with Crippen LogP contribution in [0.5, 0.6) is 0 Å². The Morgan fingerprint density at radius 1 is 1.09 bits per heavy atom. The number of hydrogen-bond acceptors (Lipinski definition) is 5. The fourth-order valence-electron chi connectivity index (χ4n) is 2.76. The Hall–Kier alpha value is -2.75. The van der Waals surface area contributed by atoms with Gasteiger partial charge in [0.2, 0.25) is 11.0 Å². The smallest absolute Gasteiger partial charge is 0.319 e. The minimum absolute atomic E-state index is 0.161. The van der Waals surface area contributed by atoms with Crippen molar-refractivity contribution in [3.8, 4) is 10.6 Å². The van der Waals surface area contributed by atoms with E-state index in [4.69, 9.17) is 23.2 Å². The van der Waals surface area contributed by atoms with Crippen LogP contribution in [0.2, 0.25) is 10.0 Å². The standard InChI is InChI=1S/C21H20Cl2FN5O2S/c1-3-11(2)17(26-20(31)25-16-9-6-13(22)10-15(16)23)18(30)27-21-29-28-19(32-21)12-4-7-14(24)8-5-12/h4-11,17H,3H2,1-2H3,(H2,25,26,31)(H,27,29,30)/t11-,17-/m0/s1. The predicted octanol–water partition coefficient (Wildman–Crippen LogP) is 5.83. The van der Waals surface area contributed by atoms with Crippen molar-refractivity contribution in [1.29, 1.82) is 0 Å². The van der Waals surface area contributed by atoms with Gasteiger partial charge < -0.3 is 10.6 Å². The van der Waals surface area contributed by atoms with Crippen molar-refractivity contribution in [3.63, 3.8) is 0 Å². The number of hydrogen-bond donors (Lipinski definition) is 3. The summed E-state index contributed by atoms with van der Waals surface area (Å²) in [6, 6.07) is 9.06. The molecule has 3 rings (SSSR count). The summed E-state index contributed by atoms with van der Waals surface area (Å²) in [5.74, 6) is -0.947. The number of carbonyl (C=O) groups is 2. The van der Waals surface area contributed by atoms with Gasteiger partial charge in [0.05, 0.1) is 10.7 Å². The molecule has 32 heavy (non-hydrogen) atoms. The van der Waals surface area contributed by atoms with Crippen molar-refractivity contribution in [3.05, 3.63) is 58.3 Å². The van der Waals surface area contributed by atoms with Crippen LogP contribution in [0.4, 0.5) is 20.0 Å². The first-order valence-electron chi connectivity index (χ1n) is 9.69. The maximum atomic E-state index is 13.1. The van der Waals surface area contributed by atoms with Crippen molar-refractivity contribution in [2.75, 3.05) is 10.6 Å². The summed E-state index contributed by atoms with van der Waals surface area (Å²) in [5.41, 5.74) is 1.05. The summed E-state index contributed by atoms with van der Waals surface area (Å²) in [5, 5.41) is 17.5. The van der Waals surface area contributed by atoms with Crippen LogP contribution < -0.4 is 16.0 Å². The van der Waals surface area contributed by atoms with E-state index in [9.17, 15) is 14.0 Å². The third-order valence-electron chi connectivity index (χ3n) is 4.71. The molecule has 168 valence electrons. The highest BCUT2D eigenvalue weighted by molar-refractivity contribution is 7.18. The highest BCUT2D eigenvalue weighted by Gasteiger charge is 2.27. The molecule has 7 nitrogen and oxygen atoms in total. The molecular formula is C21H20Cl2FN5O2S. The van der Waals surface area contributed by atoms with Gasteiger partial charge in [0.25, 0.3) is 0 Å². The van der Waals surface area contributed by atoms with Crippen molar-refractivity contribution in [1.82, 2.24) is 15.5 Å². The second kappa shape index (κ2) is 10.7. The lowest BCUT2D eigenvalue weighted by atomic mass is 9.98. The van der Waals surface area contributed by atoms with Crippen LogP contribution in [-0.2, 0) is 4.79 Å². The number of amides is 3. The van der Waals surface area contributed by atoms with Gasteiger partial charge in [-0.05, 0) is 48.4 Å². The van der Waals surface area contributed by atoms with Crippen LogP contribution in [0, 0.1) is 11.7 Å². The Balaban J connectivity index is 1.68. The molecular weight excluding hydrogens is 476 g/mol. The molecule has 0 bridgehead atoms. The number of anilines is 2. The van der Waals surface area contributed by atoms with E-state index in [-0.39, 0.29) is 21.9 Å². The van der Waals surface area contributed by atoms with Crippen LogP contribution in [0.1, 0.15) is 20.3 Å². The van der Waals surface area contributed by atoms with Gasteiger partial charge in [-0.15, -0.1) is 10.2 Å². The van der Waals surface area contributed by atoms with Crippen molar-refractivity contribution in [2.24, 2.45) is 5.92 Å². The number of nitrogens with zero attached hydrogens (tertiary/aromatic N) is 2. The summed E-state index contributed by atoms with van der Waals surface area (Å²) in [6.07, 6.45) is 0.650. The van der Waals surface area contributed by atoms with Gasteiger partial charge in [-0.25, -0.2) is 9.18 Å². The largest absolute Gasteiger partial charge is 0.326 e. The molecule has 0 aliphatic carbocycles. The Labute approximate surface area is 198 Å². The lowest BCUT2D eigenvalue weighted by Gasteiger charge is -2.23. The lowest BCUT2D eigenvalue weighted by molar-refractivity contribution is -0.119. The maximum absolute atomic E-state index is 13.1. The van der Waals surface area contributed by atoms with Gasteiger partial charge >= 0.3 is 6.03 Å². The Morgan fingerprint density at radius 2 is 1.81 bits per heavy atom. The van der Waals surface area contributed by atoms with E-state index in [1.807, 2.05) is 13.8 Å². The third kappa shape index (κ3) is 6.15. The second-order valence-corrected chi connectivity index (χ2v) is 8.82. The molecule has 1 aromatic heterocycles. The monoisotopic (exact) mass is 495 g/mol. The fourth-order valence-corrected chi connectivity index (χ4v) is 3.97. The lowest BCUT2D eigenvalue weighted by Crippen LogP contribution is -2.49. The second-order valence-electron chi connectivity index (χ2n) is 6.99. The van der Waals surface area contributed by atoms with Crippen LogP contribution in [-0.4, -0.2) is 28.2 Å². The van der Waals surface area contributed by atoms with Crippen LogP contribution in [0.3, 0.4) is 0 Å². The van der Waals surface area contributed by atoms with Gasteiger partial charge in [-0.1, -0.05) is 54.8 Å². The van der Waals surface area contributed by atoms with Gasteiger partial charge in [0, 0.05) is 10.6 Å². The van der Waals surface area contributed by atoms with Crippen LogP contribution in [0.25, 0.3) is 10.6 Å². The van der Waals surface area contributed by atoms with E-state index in [0.717, 1.165) is 11.3 Å². The molecule has 3 amide bonds. The number of carbonyl (C=O) groups excluding carboxylic acids is 2. The molecule has 0 unspecified atom stereocenters. The van der Waals surface area contributed by atoms with E-state index in [1.165, 1.54) is 18.2 Å². The zero-order valence-electron chi connectivity index (χ0n) is 17.2. The average Bonchev–Trinajstić information content (AvgIpc) is 3.22. The topological polar surface area (TPSA) is 96.0 Å². The molecule has 0 aliphatic rings. The molecule has 0 fully saturated rings. The van der Waals surface area contributed by atoms with Crippen LogP contribution >= 0.6 is 34.5 Å². The van der Waals surface area contributed by atoms with Crippen LogP contribution in [0.15, 0.2) is 42.5 Å². The average molecular weight is 496 g/mol. The zero-order valence-corrected chi connectivity index (χ0v) is 19.5. The first-order chi connectivity index (χ1) is 15.3. The number of nitrogens with one attached hydrogen (secondary N) is 3. The van der Waals surface area contributed by atoms with E-state index >= 15 is 0 Å².